The van der Waals surface area contributed by atoms with Crippen molar-refractivity contribution in [1.82, 2.24) is 0 Å². The SMILES string of the molecule is C=CCS(=O)(=NSc1ccccc1)c1ccccc1. The lowest BCUT2D eigenvalue weighted by atomic mass is 10.4. The summed E-state index contributed by atoms with van der Waals surface area (Å²) in [4.78, 5) is 1.73. The van der Waals surface area contributed by atoms with Gasteiger partial charge in [-0.2, -0.15) is 3.77 Å². The van der Waals surface area contributed by atoms with Crippen LogP contribution in [0.4, 0.5) is 0 Å². The third kappa shape index (κ3) is 3.72. The summed E-state index contributed by atoms with van der Waals surface area (Å²) in [5.74, 6) is 0.358. The third-order valence-electron chi connectivity index (χ3n) is 2.46. The van der Waals surface area contributed by atoms with Crippen molar-refractivity contribution < 1.29 is 4.21 Å². The highest BCUT2D eigenvalue weighted by Crippen LogP contribution is 2.24. The molecule has 0 radical (unpaired) electrons. The van der Waals surface area contributed by atoms with E-state index in [1.807, 2.05) is 60.7 Å². The monoisotopic (exact) mass is 289 g/mol. The first kappa shape index (κ1) is 13.9. The van der Waals surface area contributed by atoms with Crippen LogP contribution in [0.1, 0.15) is 0 Å². The Morgan fingerprint density at radius 3 is 2.21 bits per heavy atom. The number of nitrogens with zero attached hydrogens (tertiary/aromatic N) is 1. The lowest BCUT2D eigenvalue weighted by Gasteiger charge is -2.07. The molecule has 2 nitrogen and oxygen atoms in total. The van der Waals surface area contributed by atoms with Gasteiger partial charge in [-0.05, 0) is 24.3 Å². The molecule has 0 amide bonds. The predicted octanol–water partition coefficient (Wildman–Crippen LogP) is 4.41. The van der Waals surface area contributed by atoms with E-state index in [1.165, 1.54) is 11.9 Å². The van der Waals surface area contributed by atoms with Crippen LogP contribution in [0, 0.1) is 0 Å². The molecule has 0 saturated heterocycles. The van der Waals surface area contributed by atoms with Crippen LogP contribution in [0.25, 0.3) is 0 Å². The summed E-state index contributed by atoms with van der Waals surface area (Å²) in [6, 6.07) is 19.1. The smallest absolute Gasteiger partial charge is 0.0900 e. The van der Waals surface area contributed by atoms with Crippen LogP contribution in [0.2, 0.25) is 0 Å². The van der Waals surface area contributed by atoms with Gasteiger partial charge in [0.05, 0.1) is 15.5 Å². The molecule has 1 atom stereocenters. The summed E-state index contributed by atoms with van der Waals surface area (Å²) in [6.45, 7) is 3.68. The molecule has 19 heavy (non-hydrogen) atoms. The minimum atomic E-state index is -2.45. The molecular formula is C15H15NOS2. The average Bonchev–Trinajstić information content (AvgIpc) is 2.48. The average molecular weight is 289 g/mol. The summed E-state index contributed by atoms with van der Waals surface area (Å²) in [5.41, 5.74) is 0. The van der Waals surface area contributed by atoms with Gasteiger partial charge in [-0.1, -0.05) is 42.5 Å². The summed E-state index contributed by atoms with van der Waals surface area (Å²) in [6.07, 6.45) is 1.66. The van der Waals surface area contributed by atoms with Crippen molar-refractivity contribution >= 4 is 21.7 Å². The van der Waals surface area contributed by atoms with E-state index in [9.17, 15) is 4.21 Å². The Bertz CT molecular complexity index is 644. The first-order valence-corrected chi connectivity index (χ1v) is 8.32. The zero-order valence-electron chi connectivity index (χ0n) is 10.4. The van der Waals surface area contributed by atoms with Crippen molar-refractivity contribution in [2.75, 3.05) is 5.75 Å². The van der Waals surface area contributed by atoms with Crippen molar-refractivity contribution in [3.8, 4) is 0 Å². The van der Waals surface area contributed by atoms with Gasteiger partial charge in [0.1, 0.15) is 0 Å². The zero-order valence-corrected chi connectivity index (χ0v) is 12.1. The minimum Gasteiger partial charge on any atom is -0.244 e. The Kier molecular flexibility index (Phi) is 4.82. The number of hydrogen-bond acceptors (Lipinski definition) is 3. The largest absolute Gasteiger partial charge is 0.244 e. The van der Waals surface area contributed by atoms with Crippen molar-refractivity contribution in [2.45, 2.75) is 9.79 Å². The van der Waals surface area contributed by atoms with E-state index in [2.05, 4.69) is 10.3 Å². The standard InChI is InChI=1S/C15H15NOS2/c1-2-13-19(17,15-11-7-4-8-12-15)16-18-14-9-5-3-6-10-14/h2-12H,1,13H2. The molecule has 0 heterocycles. The van der Waals surface area contributed by atoms with E-state index < -0.39 is 9.73 Å². The second-order valence-corrected chi connectivity index (χ2v) is 7.22. The van der Waals surface area contributed by atoms with Gasteiger partial charge in [-0.15, -0.1) is 6.58 Å². The van der Waals surface area contributed by atoms with Gasteiger partial charge in [0.2, 0.25) is 0 Å². The Labute approximate surface area is 118 Å². The van der Waals surface area contributed by atoms with Crippen LogP contribution in [0.3, 0.4) is 0 Å². The molecule has 1 unspecified atom stereocenters. The van der Waals surface area contributed by atoms with Crippen LogP contribution in [0.15, 0.2) is 86.9 Å². The normalized spacial score (nSPS) is 13.5. The van der Waals surface area contributed by atoms with E-state index in [0.29, 0.717) is 5.75 Å². The Balaban J connectivity index is 2.35. The van der Waals surface area contributed by atoms with Gasteiger partial charge in [-0.3, -0.25) is 0 Å². The second kappa shape index (κ2) is 6.59. The summed E-state index contributed by atoms with van der Waals surface area (Å²) in [5, 5.41) is 0. The lowest BCUT2D eigenvalue weighted by molar-refractivity contribution is 0.679. The summed E-state index contributed by atoms with van der Waals surface area (Å²) in [7, 11) is -2.45. The Morgan fingerprint density at radius 1 is 1.05 bits per heavy atom. The first-order chi connectivity index (χ1) is 9.24. The maximum atomic E-state index is 12.9. The molecule has 0 fully saturated rings. The molecule has 0 bridgehead atoms. The predicted molar refractivity (Wildman–Crippen MR) is 82.6 cm³/mol. The minimum absolute atomic E-state index is 0.358. The summed E-state index contributed by atoms with van der Waals surface area (Å²) < 4.78 is 17.3. The van der Waals surface area contributed by atoms with E-state index >= 15 is 0 Å². The van der Waals surface area contributed by atoms with E-state index in [-0.39, 0.29) is 0 Å². The molecule has 4 heteroatoms. The maximum absolute atomic E-state index is 12.9. The fraction of sp³-hybridized carbons (Fsp3) is 0.0667. The van der Waals surface area contributed by atoms with Crippen LogP contribution in [0.5, 0.6) is 0 Å². The van der Waals surface area contributed by atoms with E-state index in [4.69, 9.17) is 0 Å². The van der Waals surface area contributed by atoms with Gasteiger partial charge in [0, 0.05) is 21.7 Å². The molecule has 2 aromatic carbocycles. The van der Waals surface area contributed by atoms with Crippen molar-refractivity contribution in [3.63, 3.8) is 0 Å². The van der Waals surface area contributed by atoms with Gasteiger partial charge in [-0.25, -0.2) is 4.21 Å². The van der Waals surface area contributed by atoms with Crippen molar-refractivity contribution in [3.05, 3.63) is 73.3 Å². The quantitative estimate of drug-likeness (QED) is 0.603. The fourth-order valence-corrected chi connectivity index (χ4v) is 4.33. The maximum Gasteiger partial charge on any atom is 0.0900 e. The van der Waals surface area contributed by atoms with Crippen molar-refractivity contribution in [2.24, 2.45) is 3.77 Å². The van der Waals surface area contributed by atoms with E-state index in [1.54, 1.807) is 6.08 Å². The van der Waals surface area contributed by atoms with E-state index in [0.717, 1.165) is 9.79 Å². The van der Waals surface area contributed by atoms with Crippen LogP contribution >= 0.6 is 11.9 Å². The summed E-state index contributed by atoms with van der Waals surface area (Å²) >= 11 is 1.26. The highest BCUT2D eigenvalue weighted by Gasteiger charge is 2.10. The lowest BCUT2D eigenvalue weighted by Crippen LogP contribution is -2.03. The molecular weight excluding hydrogens is 274 g/mol. The molecule has 0 aliphatic heterocycles. The second-order valence-electron chi connectivity index (χ2n) is 3.89. The van der Waals surface area contributed by atoms with Crippen LogP contribution < -0.4 is 0 Å². The molecule has 2 aromatic rings. The molecule has 98 valence electrons. The van der Waals surface area contributed by atoms with Gasteiger partial charge >= 0.3 is 0 Å². The van der Waals surface area contributed by atoms with Gasteiger partial charge < -0.3 is 0 Å². The molecule has 0 aliphatic carbocycles. The highest BCUT2D eigenvalue weighted by atomic mass is 32.2. The molecule has 0 spiro atoms. The molecule has 0 aromatic heterocycles. The van der Waals surface area contributed by atoms with Crippen LogP contribution in [-0.2, 0) is 9.73 Å². The molecule has 0 aliphatic rings. The molecule has 0 N–H and O–H groups in total. The Hall–Kier alpha value is -1.52. The topological polar surface area (TPSA) is 29.4 Å². The van der Waals surface area contributed by atoms with Crippen molar-refractivity contribution in [1.29, 1.82) is 0 Å². The number of rotatable bonds is 5. The third-order valence-corrected chi connectivity index (χ3v) is 5.90. The molecule has 0 saturated carbocycles. The molecule has 2 rings (SSSR count). The Morgan fingerprint density at radius 2 is 1.63 bits per heavy atom. The van der Waals surface area contributed by atoms with Gasteiger partial charge in [0.15, 0.2) is 0 Å². The number of benzene rings is 2. The first-order valence-electron chi connectivity index (χ1n) is 5.87. The van der Waals surface area contributed by atoms with Crippen LogP contribution in [-0.4, -0.2) is 9.96 Å². The number of hydrogen-bond donors (Lipinski definition) is 0. The fourth-order valence-electron chi connectivity index (χ4n) is 1.55. The zero-order chi connectivity index (χ0) is 13.6. The highest BCUT2D eigenvalue weighted by molar-refractivity contribution is 8.07. The van der Waals surface area contributed by atoms with Gasteiger partial charge in [0.25, 0.3) is 0 Å².